The molecule has 0 bridgehead atoms. The second-order valence-corrected chi connectivity index (χ2v) is 5.73. The van der Waals surface area contributed by atoms with Crippen molar-refractivity contribution in [2.45, 2.75) is 59.0 Å². The summed E-state index contributed by atoms with van der Waals surface area (Å²) in [6, 6.07) is 2.11. The number of aryl methyl sites for hydroxylation is 1. The lowest BCUT2D eigenvalue weighted by Crippen LogP contribution is -2.21. The number of rotatable bonds is 6. The van der Waals surface area contributed by atoms with Crippen LogP contribution < -0.4 is 5.32 Å². The molecule has 0 radical (unpaired) electrons. The van der Waals surface area contributed by atoms with Crippen LogP contribution in [0, 0.1) is 11.8 Å². The number of nitrogens with one attached hydrogen (secondary N) is 1. The minimum Gasteiger partial charge on any atom is -0.311 e. The molecule has 0 aromatic carbocycles. The first kappa shape index (κ1) is 13.6. The molecule has 1 N–H and O–H groups in total. The predicted octanol–water partition coefficient (Wildman–Crippen LogP) is 3.21. The van der Waals surface area contributed by atoms with Gasteiger partial charge in [0.1, 0.15) is 0 Å². The van der Waals surface area contributed by atoms with E-state index >= 15 is 0 Å². The third-order valence-corrected chi connectivity index (χ3v) is 4.27. The smallest absolute Gasteiger partial charge is 0.0521 e. The first-order valence-electron chi connectivity index (χ1n) is 7.51. The zero-order valence-electron chi connectivity index (χ0n) is 11.9. The maximum absolute atomic E-state index is 4.29. The molecule has 18 heavy (non-hydrogen) atoms. The number of aromatic nitrogens is 2. The molecule has 2 rings (SSSR count). The topological polar surface area (TPSA) is 29.9 Å². The van der Waals surface area contributed by atoms with E-state index in [-0.39, 0.29) is 0 Å². The number of hydrogen-bond donors (Lipinski definition) is 1. The van der Waals surface area contributed by atoms with Crippen molar-refractivity contribution in [3.05, 3.63) is 18.0 Å². The molecule has 3 heteroatoms. The van der Waals surface area contributed by atoms with E-state index in [0.717, 1.165) is 31.5 Å². The SMILES string of the molecule is CCn1nccc1CNCCC1CCC(C)CC1. The van der Waals surface area contributed by atoms with Crippen LogP contribution in [0.4, 0.5) is 0 Å². The quantitative estimate of drug-likeness (QED) is 0.785. The molecule has 0 saturated heterocycles. The van der Waals surface area contributed by atoms with Gasteiger partial charge in [0.25, 0.3) is 0 Å². The molecule has 3 nitrogen and oxygen atoms in total. The molecule has 1 aliphatic carbocycles. The van der Waals surface area contributed by atoms with Crippen molar-refractivity contribution in [3.63, 3.8) is 0 Å². The molecular formula is C15H27N3. The largest absolute Gasteiger partial charge is 0.311 e. The summed E-state index contributed by atoms with van der Waals surface area (Å²) in [6.07, 6.45) is 8.99. The summed E-state index contributed by atoms with van der Waals surface area (Å²) in [7, 11) is 0. The van der Waals surface area contributed by atoms with Crippen molar-refractivity contribution < 1.29 is 0 Å². The Morgan fingerprint density at radius 2 is 2.11 bits per heavy atom. The lowest BCUT2D eigenvalue weighted by molar-refractivity contribution is 0.275. The van der Waals surface area contributed by atoms with Crippen LogP contribution in [0.2, 0.25) is 0 Å². The Balaban J connectivity index is 1.61. The first-order valence-corrected chi connectivity index (χ1v) is 7.51. The lowest BCUT2D eigenvalue weighted by Gasteiger charge is -2.26. The lowest BCUT2D eigenvalue weighted by atomic mass is 9.81. The minimum absolute atomic E-state index is 0.955. The van der Waals surface area contributed by atoms with Gasteiger partial charge < -0.3 is 5.32 Å². The summed E-state index contributed by atoms with van der Waals surface area (Å²) in [5, 5.41) is 7.85. The summed E-state index contributed by atoms with van der Waals surface area (Å²) in [5.74, 6) is 1.93. The highest BCUT2D eigenvalue weighted by atomic mass is 15.3. The fraction of sp³-hybridized carbons (Fsp3) is 0.800. The molecule has 0 spiro atoms. The molecule has 102 valence electrons. The first-order chi connectivity index (χ1) is 8.79. The van der Waals surface area contributed by atoms with Crippen LogP contribution >= 0.6 is 0 Å². The molecule has 1 saturated carbocycles. The fourth-order valence-corrected chi connectivity index (χ4v) is 2.94. The monoisotopic (exact) mass is 249 g/mol. The fourth-order valence-electron chi connectivity index (χ4n) is 2.94. The molecule has 1 aromatic heterocycles. The molecule has 0 amide bonds. The second kappa shape index (κ2) is 6.93. The van der Waals surface area contributed by atoms with Gasteiger partial charge in [-0.05, 0) is 37.8 Å². The van der Waals surface area contributed by atoms with E-state index in [4.69, 9.17) is 0 Å². The molecule has 1 heterocycles. The Morgan fingerprint density at radius 1 is 1.33 bits per heavy atom. The summed E-state index contributed by atoms with van der Waals surface area (Å²) in [6.45, 7) is 7.59. The van der Waals surface area contributed by atoms with E-state index in [9.17, 15) is 0 Å². The van der Waals surface area contributed by atoms with E-state index in [0.29, 0.717) is 0 Å². The van der Waals surface area contributed by atoms with Gasteiger partial charge in [0.15, 0.2) is 0 Å². The third-order valence-electron chi connectivity index (χ3n) is 4.27. The average Bonchev–Trinajstić information content (AvgIpc) is 2.84. The second-order valence-electron chi connectivity index (χ2n) is 5.73. The van der Waals surface area contributed by atoms with Gasteiger partial charge in [0, 0.05) is 19.3 Å². The Morgan fingerprint density at radius 3 is 2.83 bits per heavy atom. The maximum atomic E-state index is 4.29. The van der Waals surface area contributed by atoms with Gasteiger partial charge in [-0.15, -0.1) is 0 Å². The molecule has 0 unspecified atom stereocenters. The van der Waals surface area contributed by atoms with E-state index in [2.05, 4.69) is 35.0 Å². The van der Waals surface area contributed by atoms with Gasteiger partial charge in [0.2, 0.25) is 0 Å². The number of hydrogen-bond acceptors (Lipinski definition) is 2. The third kappa shape index (κ3) is 3.84. The van der Waals surface area contributed by atoms with Crippen molar-refractivity contribution in [1.29, 1.82) is 0 Å². The van der Waals surface area contributed by atoms with E-state index in [1.54, 1.807) is 0 Å². The molecule has 1 fully saturated rings. The van der Waals surface area contributed by atoms with Gasteiger partial charge in [-0.25, -0.2) is 0 Å². The number of nitrogens with zero attached hydrogens (tertiary/aromatic N) is 2. The summed E-state index contributed by atoms with van der Waals surface area (Å²) < 4.78 is 2.06. The maximum Gasteiger partial charge on any atom is 0.0521 e. The van der Waals surface area contributed by atoms with Crippen LogP contribution in [0.3, 0.4) is 0 Å². The van der Waals surface area contributed by atoms with E-state index in [1.807, 2.05) is 6.20 Å². The predicted molar refractivity (Wildman–Crippen MR) is 75.3 cm³/mol. The normalized spacial score (nSPS) is 24.3. The van der Waals surface area contributed by atoms with Crippen molar-refractivity contribution in [2.24, 2.45) is 11.8 Å². The zero-order chi connectivity index (χ0) is 12.8. The molecule has 0 aliphatic heterocycles. The Kier molecular flexibility index (Phi) is 5.24. The average molecular weight is 249 g/mol. The minimum atomic E-state index is 0.955. The van der Waals surface area contributed by atoms with E-state index < -0.39 is 0 Å². The van der Waals surface area contributed by atoms with Gasteiger partial charge in [-0.3, -0.25) is 4.68 Å². The van der Waals surface area contributed by atoms with Crippen LogP contribution in [-0.4, -0.2) is 16.3 Å². The van der Waals surface area contributed by atoms with Crippen molar-refractivity contribution in [3.8, 4) is 0 Å². The van der Waals surface area contributed by atoms with Crippen molar-refractivity contribution in [1.82, 2.24) is 15.1 Å². The molecule has 1 aromatic rings. The highest BCUT2D eigenvalue weighted by Crippen LogP contribution is 2.29. The molecule has 1 aliphatic rings. The summed E-state index contributed by atoms with van der Waals surface area (Å²) >= 11 is 0. The van der Waals surface area contributed by atoms with Gasteiger partial charge in [0.05, 0.1) is 5.69 Å². The summed E-state index contributed by atoms with van der Waals surface area (Å²) in [4.78, 5) is 0. The highest BCUT2D eigenvalue weighted by Gasteiger charge is 2.17. The Hall–Kier alpha value is -0.830. The van der Waals surface area contributed by atoms with Crippen LogP contribution in [0.1, 0.15) is 51.6 Å². The molecular weight excluding hydrogens is 222 g/mol. The Labute approximate surface area is 111 Å². The highest BCUT2D eigenvalue weighted by molar-refractivity contribution is 4.99. The standard InChI is InChI=1S/C15H27N3/c1-3-18-15(9-11-17-18)12-16-10-8-14-6-4-13(2)5-7-14/h9,11,13-14,16H,3-8,10,12H2,1-2H3. The van der Waals surface area contributed by atoms with Gasteiger partial charge in [-0.2, -0.15) is 5.10 Å². The van der Waals surface area contributed by atoms with Crippen molar-refractivity contribution >= 4 is 0 Å². The Bertz CT molecular complexity index is 337. The van der Waals surface area contributed by atoms with Crippen LogP contribution in [0.25, 0.3) is 0 Å². The zero-order valence-corrected chi connectivity index (χ0v) is 11.9. The van der Waals surface area contributed by atoms with Gasteiger partial charge >= 0.3 is 0 Å². The van der Waals surface area contributed by atoms with Crippen LogP contribution in [-0.2, 0) is 13.1 Å². The van der Waals surface area contributed by atoms with Crippen LogP contribution in [0.5, 0.6) is 0 Å². The molecule has 0 atom stereocenters. The van der Waals surface area contributed by atoms with Gasteiger partial charge in [-0.1, -0.05) is 32.6 Å². The summed E-state index contributed by atoms with van der Waals surface area (Å²) in [5.41, 5.74) is 1.30. The van der Waals surface area contributed by atoms with Crippen LogP contribution in [0.15, 0.2) is 12.3 Å². The van der Waals surface area contributed by atoms with Crippen molar-refractivity contribution in [2.75, 3.05) is 6.54 Å². The van der Waals surface area contributed by atoms with E-state index in [1.165, 1.54) is 37.8 Å².